The van der Waals surface area contributed by atoms with E-state index >= 15 is 0 Å². The van der Waals surface area contributed by atoms with Gasteiger partial charge in [0.05, 0.1) is 6.61 Å². The van der Waals surface area contributed by atoms with Gasteiger partial charge in [0.1, 0.15) is 11.9 Å². The highest BCUT2D eigenvalue weighted by atomic mass is 19.1. The Balaban J connectivity index is 1.96. The van der Waals surface area contributed by atoms with Crippen LogP contribution >= 0.6 is 0 Å². The predicted molar refractivity (Wildman–Crippen MR) is 57.6 cm³/mol. The molecule has 1 atom stereocenters. The highest BCUT2D eigenvalue weighted by Gasteiger charge is 2.21. The summed E-state index contributed by atoms with van der Waals surface area (Å²) in [6.07, 6.45) is -0.503. The molecule has 0 bridgehead atoms. The van der Waals surface area contributed by atoms with Gasteiger partial charge in [-0.25, -0.2) is 4.39 Å². The lowest BCUT2D eigenvalue weighted by atomic mass is 10.2. The normalized spacial score (nSPS) is 20.4. The SMILES string of the molecule is O=C(Nc1cccc(F)c1)[C@H]1CNCCO1. The summed E-state index contributed by atoms with van der Waals surface area (Å²) in [5, 5.41) is 5.66. The molecule has 1 aliphatic rings. The average Bonchev–Trinajstić information content (AvgIpc) is 2.30. The summed E-state index contributed by atoms with van der Waals surface area (Å²) in [4.78, 5) is 11.7. The number of benzene rings is 1. The molecule has 0 unspecified atom stereocenters. The Morgan fingerprint density at radius 2 is 2.44 bits per heavy atom. The smallest absolute Gasteiger partial charge is 0.254 e. The second-order valence-electron chi connectivity index (χ2n) is 3.56. The first kappa shape index (κ1) is 11.0. The van der Waals surface area contributed by atoms with Gasteiger partial charge in [0, 0.05) is 18.8 Å². The number of carbonyl (C=O) groups is 1. The van der Waals surface area contributed by atoms with E-state index in [9.17, 15) is 9.18 Å². The lowest BCUT2D eigenvalue weighted by Crippen LogP contribution is -2.45. The molecule has 1 fully saturated rings. The maximum Gasteiger partial charge on any atom is 0.254 e. The van der Waals surface area contributed by atoms with Crippen molar-refractivity contribution in [3.05, 3.63) is 30.1 Å². The van der Waals surface area contributed by atoms with E-state index in [1.807, 2.05) is 0 Å². The molecule has 0 aliphatic carbocycles. The highest BCUT2D eigenvalue weighted by Crippen LogP contribution is 2.10. The fraction of sp³-hybridized carbons (Fsp3) is 0.364. The van der Waals surface area contributed by atoms with Gasteiger partial charge in [0.25, 0.3) is 5.91 Å². The molecule has 0 saturated carbocycles. The first-order valence-corrected chi connectivity index (χ1v) is 5.14. The van der Waals surface area contributed by atoms with Crippen LogP contribution in [0.5, 0.6) is 0 Å². The number of morpholine rings is 1. The first-order valence-electron chi connectivity index (χ1n) is 5.14. The number of amides is 1. The number of nitrogens with one attached hydrogen (secondary N) is 2. The fourth-order valence-corrected chi connectivity index (χ4v) is 1.52. The minimum Gasteiger partial charge on any atom is -0.366 e. The summed E-state index contributed by atoms with van der Waals surface area (Å²) >= 11 is 0. The summed E-state index contributed by atoms with van der Waals surface area (Å²) in [5.41, 5.74) is 0.444. The Bertz CT molecular complexity index is 378. The molecule has 2 N–H and O–H groups in total. The van der Waals surface area contributed by atoms with Crippen LogP contribution in [0.15, 0.2) is 24.3 Å². The standard InChI is InChI=1S/C11H13FN2O2/c12-8-2-1-3-9(6-8)14-11(15)10-7-13-4-5-16-10/h1-3,6,10,13H,4-5,7H2,(H,14,15)/t10-/m1/s1. The van der Waals surface area contributed by atoms with Gasteiger partial charge in [-0.3, -0.25) is 4.79 Å². The van der Waals surface area contributed by atoms with Gasteiger partial charge in [-0.15, -0.1) is 0 Å². The monoisotopic (exact) mass is 224 g/mol. The van der Waals surface area contributed by atoms with Crippen molar-refractivity contribution in [2.24, 2.45) is 0 Å². The Morgan fingerprint density at radius 1 is 1.56 bits per heavy atom. The van der Waals surface area contributed by atoms with Gasteiger partial charge in [0.15, 0.2) is 0 Å². The molecule has 1 amide bonds. The second kappa shape index (κ2) is 5.05. The van der Waals surface area contributed by atoms with E-state index in [1.54, 1.807) is 12.1 Å². The molecule has 16 heavy (non-hydrogen) atoms. The Hall–Kier alpha value is -1.46. The molecule has 0 radical (unpaired) electrons. The quantitative estimate of drug-likeness (QED) is 0.779. The maximum atomic E-state index is 12.9. The minimum atomic E-state index is -0.503. The Morgan fingerprint density at radius 3 is 3.12 bits per heavy atom. The van der Waals surface area contributed by atoms with Crippen molar-refractivity contribution in [3.63, 3.8) is 0 Å². The van der Waals surface area contributed by atoms with Crippen LogP contribution in [0.1, 0.15) is 0 Å². The van der Waals surface area contributed by atoms with Gasteiger partial charge in [-0.2, -0.15) is 0 Å². The first-order chi connectivity index (χ1) is 7.75. The van der Waals surface area contributed by atoms with Crippen LogP contribution in [0.3, 0.4) is 0 Å². The van der Waals surface area contributed by atoms with E-state index in [0.717, 1.165) is 6.54 Å². The lowest BCUT2D eigenvalue weighted by molar-refractivity contribution is -0.128. The topological polar surface area (TPSA) is 50.4 Å². The maximum absolute atomic E-state index is 12.9. The van der Waals surface area contributed by atoms with Gasteiger partial charge in [0.2, 0.25) is 0 Å². The zero-order valence-corrected chi connectivity index (χ0v) is 8.70. The van der Waals surface area contributed by atoms with Gasteiger partial charge >= 0.3 is 0 Å². The van der Waals surface area contributed by atoms with Crippen molar-refractivity contribution in [2.45, 2.75) is 6.10 Å². The van der Waals surface area contributed by atoms with Gasteiger partial charge in [-0.1, -0.05) is 6.07 Å². The number of carbonyl (C=O) groups excluding carboxylic acids is 1. The van der Waals surface area contributed by atoms with Crippen LogP contribution in [-0.4, -0.2) is 31.7 Å². The third kappa shape index (κ3) is 2.77. The molecular formula is C11H13FN2O2. The molecule has 2 rings (SSSR count). The summed E-state index contributed by atoms with van der Waals surface area (Å²) in [5.74, 6) is -0.627. The van der Waals surface area contributed by atoms with Crippen molar-refractivity contribution < 1.29 is 13.9 Å². The molecule has 86 valence electrons. The van der Waals surface area contributed by atoms with Crippen molar-refractivity contribution >= 4 is 11.6 Å². The van der Waals surface area contributed by atoms with E-state index in [2.05, 4.69) is 10.6 Å². The van der Waals surface area contributed by atoms with Crippen LogP contribution in [0.25, 0.3) is 0 Å². The van der Waals surface area contributed by atoms with E-state index < -0.39 is 6.10 Å². The lowest BCUT2D eigenvalue weighted by Gasteiger charge is -2.22. The van der Waals surface area contributed by atoms with Crippen LogP contribution < -0.4 is 10.6 Å². The predicted octanol–water partition coefficient (Wildman–Crippen LogP) is 0.753. The summed E-state index contributed by atoms with van der Waals surface area (Å²) < 4.78 is 18.1. The minimum absolute atomic E-state index is 0.252. The molecule has 1 heterocycles. The average molecular weight is 224 g/mol. The number of anilines is 1. The number of halogens is 1. The second-order valence-corrected chi connectivity index (χ2v) is 3.56. The van der Waals surface area contributed by atoms with Gasteiger partial charge in [-0.05, 0) is 18.2 Å². The summed E-state index contributed by atoms with van der Waals surface area (Å²) in [6, 6.07) is 5.78. The fourth-order valence-electron chi connectivity index (χ4n) is 1.52. The molecule has 1 aromatic carbocycles. The van der Waals surface area contributed by atoms with Gasteiger partial charge < -0.3 is 15.4 Å². The molecular weight excluding hydrogens is 211 g/mol. The van der Waals surface area contributed by atoms with E-state index in [4.69, 9.17) is 4.74 Å². The Labute approximate surface area is 92.8 Å². The van der Waals surface area contributed by atoms with E-state index in [-0.39, 0.29) is 11.7 Å². The molecule has 1 aliphatic heterocycles. The summed E-state index contributed by atoms with van der Waals surface area (Å²) in [6.45, 7) is 1.76. The third-order valence-electron chi connectivity index (χ3n) is 2.31. The largest absolute Gasteiger partial charge is 0.366 e. The zero-order valence-electron chi connectivity index (χ0n) is 8.70. The zero-order chi connectivity index (χ0) is 11.4. The number of rotatable bonds is 2. The summed E-state index contributed by atoms with van der Waals surface area (Å²) in [7, 11) is 0. The molecule has 0 aromatic heterocycles. The molecule has 0 spiro atoms. The highest BCUT2D eigenvalue weighted by molar-refractivity contribution is 5.94. The molecule has 4 nitrogen and oxygen atoms in total. The number of hydrogen-bond acceptors (Lipinski definition) is 3. The molecule has 1 saturated heterocycles. The molecule has 5 heteroatoms. The number of ether oxygens (including phenoxy) is 1. The number of hydrogen-bond donors (Lipinski definition) is 2. The van der Waals surface area contributed by atoms with Crippen molar-refractivity contribution in [3.8, 4) is 0 Å². The van der Waals surface area contributed by atoms with Crippen molar-refractivity contribution in [1.29, 1.82) is 0 Å². The van der Waals surface area contributed by atoms with Crippen LogP contribution in [0.2, 0.25) is 0 Å². The van der Waals surface area contributed by atoms with E-state index in [1.165, 1.54) is 12.1 Å². The van der Waals surface area contributed by atoms with Crippen LogP contribution in [-0.2, 0) is 9.53 Å². The molecule has 1 aromatic rings. The van der Waals surface area contributed by atoms with Crippen molar-refractivity contribution in [2.75, 3.05) is 25.0 Å². The van der Waals surface area contributed by atoms with Crippen LogP contribution in [0.4, 0.5) is 10.1 Å². The van der Waals surface area contributed by atoms with Crippen LogP contribution in [0, 0.1) is 5.82 Å². The van der Waals surface area contributed by atoms with E-state index in [0.29, 0.717) is 18.8 Å². The van der Waals surface area contributed by atoms with Crippen molar-refractivity contribution in [1.82, 2.24) is 5.32 Å². The third-order valence-corrected chi connectivity index (χ3v) is 2.31. The Kier molecular flexibility index (Phi) is 3.48.